The Labute approximate surface area is 173 Å². The number of likely N-dealkylation sites (N-methyl/N-ethyl adjacent to an activating group) is 1. The van der Waals surface area contributed by atoms with Crippen molar-refractivity contribution in [1.29, 1.82) is 0 Å². The van der Waals surface area contributed by atoms with Crippen LogP contribution in [0.3, 0.4) is 0 Å². The Morgan fingerprint density at radius 1 is 1.17 bits per heavy atom. The SMILES string of the molecule is Cc1c(C)n(C)c2ccc(NC(=O)[C@H]3CN(C(=O)c4c[nH]c(=O)[nH]4)CCN3C)cc12. The van der Waals surface area contributed by atoms with Crippen molar-refractivity contribution < 1.29 is 9.59 Å². The molecule has 9 nitrogen and oxygen atoms in total. The Hall–Kier alpha value is -3.33. The summed E-state index contributed by atoms with van der Waals surface area (Å²) in [6.45, 7) is 5.45. The summed E-state index contributed by atoms with van der Waals surface area (Å²) in [5, 5.41) is 4.11. The maximum absolute atomic E-state index is 13.0. The van der Waals surface area contributed by atoms with Crippen molar-refractivity contribution in [3.63, 3.8) is 0 Å². The second-order valence-electron chi connectivity index (χ2n) is 7.89. The monoisotopic (exact) mass is 410 g/mol. The maximum atomic E-state index is 13.0. The van der Waals surface area contributed by atoms with Crippen molar-refractivity contribution in [2.24, 2.45) is 7.05 Å². The van der Waals surface area contributed by atoms with Crippen LogP contribution in [0.15, 0.2) is 29.2 Å². The minimum absolute atomic E-state index is 0.165. The predicted molar refractivity (Wildman–Crippen MR) is 115 cm³/mol. The van der Waals surface area contributed by atoms with Crippen LogP contribution in [-0.2, 0) is 11.8 Å². The highest BCUT2D eigenvalue weighted by Gasteiger charge is 2.33. The minimum Gasteiger partial charge on any atom is -0.348 e. The van der Waals surface area contributed by atoms with Gasteiger partial charge in [0.15, 0.2) is 0 Å². The molecule has 3 N–H and O–H groups in total. The molecule has 1 fully saturated rings. The van der Waals surface area contributed by atoms with Gasteiger partial charge in [0.25, 0.3) is 5.91 Å². The van der Waals surface area contributed by atoms with E-state index in [-0.39, 0.29) is 24.1 Å². The summed E-state index contributed by atoms with van der Waals surface area (Å²) >= 11 is 0. The Bertz CT molecular complexity index is 1190. The van der Waals surface area contributed by atoms with Gasteiger partial charge in [-0.1, -0.05) is 0 Å². The lowest BCUT2D eigenvalue weighted by molar-refractivity contribution is -0.122. The van der Waals surface area contributed by atoms with Gasteiger partial charge in [-0.15, -0.1) is 0 Å². The molecule has 0 spiro atoms. The molecule has 2 aromatic heterocycles. The quantitative estimate of drug-likeness (QED) is 0.603. The van der Waals surface area contributed by atoms with Gasteiger partial charge in [0.05, 0.1) is 0 Å². The van der Waals surface area contributed by atoms with Gasteiger partial charge in [-0.2, -0.15) is 0 Å². The van der Waals surface area contributed by atoms with E-state index in [4.69, 9.17) is 0 Å². The third-order valence-corrected chi connectivity index (χ3v) is 6.14. The molecule has 2 amide bonds. The Kier molecular flexibility index (Phi) is 4.98. The van der Waals surface area contributed by atoms with Gasteiger partial charge in [-0.3, -0.25) is 14.5 Å². The number of aromatic amines is 2. The zero-order valence-corrected chi connectivity index (χ0v) is 17.6. The lowest BCUT2D eigenvalue weighted by Crippen LogP contribution is -2.57. The molecule has 30 heavy (non-hydrogen) atoms. The average molecular weight is 410 g/mol. The molecule has 0 saturated carbocycles. The molecule has 3 heterocycles. The zero-order valence-electron chi connectivity index (χ0n) is 17.6. The second-order valence-corrected chi connectivity index (χ2v) is 7.89. The number of nitrogens with zero attached hydrogens (tertiary/aromatic N) is 3. The number of carbonyl (C=O) groups excluding carboxylic acids is 2. The summed E-state index contributed by atoms with van der Waals surface area (Å²) in [5.41, 5.74) is 4.00. The van der Waals surface area contributed by atoms with Gasteiger partial charge in [0, 0.05) is 55.2 Å². The van der Waals surface area contributed by atoms with E-state index in [0.717, 1.165) is 16.6 Å². The van der Waals surface area contributed by atoms with Gasteiger partial charge in [0.1, 0.15) is 11.7 Å². The summed E-state index contributed by atoms with van der Waals surface area (Å²) in [6.07, 6.45) is 1.36. The lowest BCUT2D eigenvalue weighted by atomic mass is 10.1. The van der Waals surface area contributed by atoms with Gasteiger partial charge in [0.2, 0.25) is 5.91 Å². The second kappa shape index (κ2) is 7.49. The highest BCUT2D eigenvalue weighted by Crippen LogP contribution is 2.27. The van der Waals surface area contributed by atoms with Crippen LogP contribution in [0.25, 0.3) is 10.9 Å². The Morgan fingerprint density at radius 2 is 1.93 bits per heavy atom. The van der Waals surface area contributed by atoms with Crippen molar-refractivity contribution >= 4 is 28.4 Å². The van der Waals surface area contributed by atoms with Gasteiger partial charge < -0.3 is 24.8 Å². The number of aromatic nitrogens is 3. The Morgan fingerprint density at radius 3 is 2.63 bits per heavy atom. The van der Waals surface area contributed by atoms with Crippen LogP contribution >= 0.6 is 0 Å². The molecular formula is C21H26N6O3. The molecule has 0 unspecified atom stereocenters. The number of imidazole rings is 1. The average Bonchev–Trinajstić information content (AvgIpc) is 3.25. The van der Waals surface area contributed by atoms with E-state index in [1.165, 1.54) is 17.5 Å². The summed E-state index contributed by atoms with van der Waals surface area (Å²) < 4.78 is 2.14. The molecule has 3 aromatic rings. The van der Waals surface area contributed by atoms with Gasteiger partial charge >= 0.3 is 5.69 Å². The predicted octanol–water partition coefficient (Wildman–Crippen LogP) is 1.21. The number of piperazine rings is 1. The standard InChI is InChI=1S/C21H26N6O3/c1-12-13(2)26(4)17-6-5-14(9-15(12)17)23-19(28)18-11-27(8-7-25(18)3)20(29)16-10-22-21(30)24-16/h5-6,9-10,18H,7-8,11H2,1-4H3,(H,23,28)(H2,22,24,30)/t18-/m1/s1. The third kappa shape index (κ3) is 3.41. The number of H-pyrrole nitrogens is 2. The van der Waals surface area contributed by atoms with Crippen LogP contribution in [0.4, 0.5) is 5.69 Å². The van der Waals surface area contributed by atoms with Gasteiger partial charge in [-0.25, -0.2) is 4.79 Å². The molecule has 1 aliphatic rings. The van der Waals surface area contributed by atoms with Crippen LogP contribution in [-0.4, -0.2) is 68.9 Å². The zero-order chi connectivity index (χ0) is 21.6. The number of anilines is 1. The molecular weight excluding hydrogens is 384 g/mol. The van der Waals surface area contributed by atoms with Crippen LogP contribution in [0.5, 0.6) is 0 Å². The number of benzene rings is 1. The van der Waals surface area contributed by atoms with Crippen LogP contribution in [0.2, 0.25) is 0 Å². The normalized spacial score (nSPS) is 17.5. The number of fused-ring (bicyclic) bond motifs is 1. The summed E-state index contributed by atoms with van der Waals surface area (Å²) in [6, 6.07) is 5.41. The first-order chi connectivity index (χ1) is 14.3. The topological polar surface area (TPSA) is 106 Å². The molecule has 1 aliphatic heterocycles. The number of carbonyl (C=O) groups is 2. The molecule has 1 atom stereocenters. The lowest BCUT2D eigenvalue weighted by Gasteiger charge is -2.38. The molecule has 0 radical (unpaired) electrons. The van der Waals surface area contributed by atoms with Crippen molar-refractivity contribution in [1.82, 2.24) is 24.3 Å². The molecule has 1 saturated heterocycles. The molecule has 4 rings (SSSR count). The fourth-order valence-electron chi connectivity index (χ4n) is 4.02. The van der Waals surface area contributed by atoms with E-state index < -0.39 is 11.7 Å². The van der Waals surface area contributed by atoms with E-state index >= 15 is 0 Å². The summed E-state index contributed by atoms with van der Waals surface area (Å²) in [5.74, 6) is -0.460. The Balaban J connectivity index is 1.52. The van der Waals surface area contributed by atoms with E-state index in [9.17, 15) is 14.4 Å². The van der Waals surface area contributed by atoms with E-state index in [1.54, 1.807) is 4.90 Å². The smallest absolute Gasteiger partial charge is 0.323 e. The summed E-state index contributed by atoms with van der Waals surface area (Å²) in [7, 11) is 3.90. The molecule has 0 aliphatic carbocycles. The number of nitrogens with one attached hydrogen (secondary N) is 3. The number of hydrogen-bond acceptors (Lipinski definition) is 4. The highest BCUT2D eigenvalue weighted by molar-refractivity contribution is 5.99. The van der Waals surface area contributed by atoms with E-state index in [1.807, 2.05) is 37.2 Å². The van der Waals surface area contributed by atoms with Crippen molar-refractivity contribution in [2.75, 3.05) is 32.0 Å². The maximum Gasteiger partial charge on any atom is 0.323 e. The molecule has 1 aromatic carbocycles. The molecule has 9 heteroatoms. The first-order valence-electron chi connectivity index (χ1n) is 9.90. The highest BCUT2D eigenvalue weighted by atomic mass is 16.2. The van der Waals surface area contributed by atoms with Gasteiger partial charge in [-0.05, 0) is 44.7 Å². The minimum atomic E-state index is -0.484. The molecule has 0 bridgehead atoms. The van der Waals surface area contributed by atoms with E-state index in [2.05, 4.69) is 33.7 Å². The van der Waals surface area contributed by atoms with Crippen LogP contribution < -0.4 is 11.0 Å². The fraction of sp³-hybridized carbons (Fsp3) is 0.381. The van der Waals surface area contributed by atoms with Crippen LogP contribution in [0.1, 0.15) is 21.7 Å². The van der Waals surface area contributed by atoms with E-state index in [0.29, 0.717) is 13.1 Å². The van der Waals surface area contributed by atoms with Crippen LogP contribution in [0, 0.1) is 13.8 Å². The first-order valence-corrected chi connectivity index (χ1v) is 9.90. The number of aryl methyl sites for hydroxylation is 2. The largest absolute Gasteiger partial charge is 0.348 e. The number of amides is 2. The first kappa shape index (κ1) is 20.0. The number of rotatable bonds is 3. The number of hydrogen-bond donors (Lipinski definition) is 3. The fourth-order valence-corrected chi connectivity index (χ4v) is 4.02. The van der Waals surface area contributed by atoms with Crippen molar-refractivity contribution in [3.05, 3.63) is 51.8 Å². The third-order valence-electron chi connectivity index (χ3n) is 6.14. The summed E-state index contributed by atoms with van der Waals surface area (Å²) in [4.78, 5) is 45.4. The van der Waals surface area contributed by atoms with Crippen molar-refractivity contribution in [3.8, 4) is 0 Å². The van der Waals surface area contributed by atoms with Crippen molar-refractivity contribution in [2.45, 2.75) is 19.9 Å². The molecule has 158 valence electrons.